The van der Waals surface area contributed by atoms with E-state index in [0.717, 1.165) is 37.7 Å². The molecule has 2 nitrogen and oxygen atoms in total. The second-order valence-corrected chi connectivity index (χ2v) is 10.6. The molecule has 4 aliphatic carbocycles. The topological polar surface area (TPSA) is 37.3 Å². The van der Waals surface area contributed by atoms with Gasteiger partial charge in [0, 0.05) is 11.8 Å². The van der Waals surface area contributed by atoms with Crippen LogP contribution >= 0.6 is 0 Å². The molecule has 0 saturated heterocycles. The monoisotopic (exact) mass is 330 g/mol. The predicted molar refractivity (Wildman–Crippen MR) is 96.5 cm³/mol. The maximum atomic E-state index is 12.4. The first-order valence-corrected chi connectivity index (χ1v) is 9.99. The number of rotatable bonds is 0. The van der Waals surface area contributed by atoms with Gasteiger partial charge in [-0.3, -0.25) is 4.79 Å². The van der Waals surface area contributed by atoms with E-state index in [1.165, 1.54) is 12.8 Å². The molecule has 4 rings (SSSR count). The summed E-state index contributed by atoms with van der Waals surface area (Å²) < 4.78 is 0. The third-order valence-electron chi connectivity index (χ3n) is 9.59. The second kappa shape index (κ2) is 4.75. The van der Waals surface area contributed by atoms with Gasteiger partial charge in [-0.25, -0.2) is 0 Å². The minimum atomic E-state index is -0.168. The van der Waals surface area contributed by atoms with Crippen molar-refractivity contribution < 1.29 is 9.90 Å². The first kappa shape index (κ1) is 16.8. The summed E-state index contributed by atoms with van der Waals surface area (Å²) in [4.78, 5) is 12.4. The summed E-state index contributed by atoms with van der Waals surface area (Å²) >= 11 is 0. The zero-order chi connectivity index (χ0) is 17.5. The highest BCUT2D eigenvalue weighted by molar-refractivity contribution is 5.99. The average Bonchev–Trinajstić information content (AvgIpc) is 2.81. The molecule has 24 heavy (non-hydrogen) atoms. The van der Waals surface area contributed by atoms with Gasteiger partial charge in [0.25, 0.3) is 0 Å². The molecule has 3 saturated carbocycles. The van der Waals surface area contributed by atoms with Gasteiger partial charge >= 0.3 is 0 Å². The Morgan fingerprint density at radius 3 is 2.42 bits per heavy atom. The van der Waals surface area contributed by atoms with Crippen LogP contribution in [-0.2, 0) is 4.79 Å². The summed E-state index contributed by atoms with van der Waals surface area (Å²) in [6, 6.07) is 0. The third-order valence-corrected chi connectivity index (χ3v) is 9.59. The van der Waals surface area contributed by atoms with Crippen LogP contribution in [0.15, 0.2) is 11.6 Å². The predicted octanol–water partition coefficient (Wildman–Crippen LogP) is 4.91. The number of fused-ring (bicyclic) bond motifs is 5. The van der Waals surface area contributed by atoms with Crippen LogP contribution in [0.4, 0.5) is 0 Å². The minimum absolute atomic E-state index is 0.00468. The zero-order valence-corrected chi connectivity index (χ0v) is 16.1. The van der Waals surface area contributed by atoms with Crippen molar-refractivity contribution in [2.24, 2.45) is 33.5 Å². The van der Waals surface area contributed by atoms with Gasteiger partial charge in [-0.2, -0.15) is 0 Å². The van der Waals surface area contributed by atoms with E-state index in [9.17, 15) is 9.90 Å². The lowest BCUT2D eigenvalue weighted by molar-refractivity contribution is -0.192. The lowest BCUT2D eigenvalue weighted by Gasteiger charge is -2.67. The quantitative estimate of drug-likeness (QED) is 0.685. The third kappa shape index (κ3) is 1.74. The van der Waals surface area contributed by atoms with Gasteiger partial charge in [-0.1, -0.05) is 40.7 Å². The Morgan fingerprint density at radius 2 is 1.71 bits per heavy atom. The number of hydrogen-bond acceptors (Lipinski definition) is 2. The fraction of sp³-hybridized carbons (Fsp3) is 0.864. The number of allylic oxidation sites excluding steroid dienone is 2. The van der Waals surface area contributed by atoms with Crippen molar-refractivity contribution >= 4 is 5.78 Å². The summed E-state index contributed by atoms with van der Waals surface area (Å²) in [5.74, 6) is 1.63. The van der Waals surface area contributed by atoms with Crippen LogP contribution in [-0.4, -0.2) is 17.0 Å². The van der Waals surface area contributed by atoms with E-state index >= 15 is 0 Å². The van der Waals surface area contributed by atoms with Crippen molar-refractivity contribution in [2.45, 2.75) is 85.7 Å². The van der Waals surface area contributed by atoms with Gasteiger partial charge in [0.1, 0.15) is 0 Å². The Hall–Kier alpha value is -0.630. The van der Waals surface area contributed by atoms with Gasteiger partial charge in [0.2, 0.25) is 0 Å². The zero-order valence-electron chi connectivity index (χ0n) is 16.1. The molecule has 2 heteroatoms. The second-order valence-electron chi connectivity index (χ2n) is 10.6. The normalized spacial score (nSPS) is 53.0. The molecule has 0 bridgehead atoms. The van der Waals surface area contributed by atoms with E-state index in [1.807, 2.05) is 0 Å². The van der Waals surface area contributed by atoms with E-state index in [4.69, 9.17) is 0 Å². The number of carbonyl (C=O) groups excluding carboxylic acids is 1. The highest BCUT2D eigenvalue weighted by atomic mass is 16.3. The van der Waals surface area contributed by atoms with E-state index in [-0.39, 0.29) is 27.8 Å². The van der Waals surface area contributed by atoms with Crippen LogP contribution in [0.1, 0.15) is 79.6 Å². The summed E-state index contributed by atoms with van der Waals surface area (Å²) in [5, 5.41) is 10.6. The van der Waals surface area contributed by atoms with Crippen LogP contribution in [0.2, 0.25) is 0 Å². The van der Waals surface area contributed by atoms with Crippen molar-refractivity contribution in [1.82, 2.24) is 0 Å². The molecule has 3 fully saturated rings. The number of Topliss-reactive ketones (excluding diaryl/α,β-unsaturated/α-hetero) is 1. The highest BCUT2D eigenvalue weighted by Crippen LogP contribution is 2.72. The van der Waals surface area contributed by atoms with Gasteiger partial charge in [-0.05, 0) is 72.2 Å². The lowest BCUT2D eigenvalue weighted by Crippen LogP contribution is -2.62. The van der Waals surface area contributed by atoms with Crippen LogP contribution < -0.4 is 0 Å². The molecule has 0 aromatic rings. The molecule has 0 unspecified atom stereocenters. The number of hydrogen-bond donors (Lipinski definition) is 1. The van der Waals surface area contributed by atoms with Crippen molar-refractivity contribution in [1.29, 1.82) is 0 Å². The molecule has 0 heterocycles. The average molecular weight is 331 g/mol. The Kier molecular flexibility index (Phi) is 3.33. The molecule has 0 aromatic heterocycles. The van der Waals surface area contributed by atoms with Gasteiger partial charge in [0.15, 0.2) is 5.78 Å². The fourth-order valence-corrected chi connectivity index (χ4v) is 7.84. The molecule has 134 valence electrons. The lowest BCUT2D eigenvalue weighted by atomic mass is 9.37. The molecule has 0 aliphatic heterocycles. The van der Waals surface area contributed by atoms with Crippen molar-refractivity contribution in [3.05, 3.63) is 11.6 Å². The van der Waals surface area contributed by atoms with Gasteiger partial charge < -0.3 is 5.11 Å². The summed E-state index contributed by atoms with van der Waals surface area (Å²) in [5.41, 5.74) is 1.74. The van der Waals surface area contributed by atoms with Gasteiger partial charge in [0.05, 0.1) is 6.10 Å². The molecular weight excluding hydrogens is 296 g/mol. The summed E-state index contributed by atoms with van der Waals surface area (Å²) in [6.07, 6.45) is 9.46. The van der Waals surface area contributed by atoms with Crippen molar-refractivity contribution in [3.8, 4) is 0 Å². The maximum Gasteiger partial charge on any atom is 0.159 e. The molecule has 6 atom stereocenters. The summed E-state index contributed by atoms with van der Waals surface area (Å²) in [7, 11) is 0. The molecule has 4 aliphatic rings. The summed E-state index contributed by atoms with van der Waals surface area (Å²) in [6.45, 7) is 11.9. The standard InChI is InChI=1S/C22H34O2/c1-19(2)16-9-13-22(5)17(20(16,3)11-10-18(19)24)7-6-14-15(23)8-12-21(14,22)4/h6,16-18,24H,7-13H2,1-5H3/t16-,17+,18+,20-,21+,22+/m0/s1. The molecule has 0 spiro atoms. The molecule has 0 radical (unpaired) electrons. The maximum absolute atomic E-state index is 12.4. The molecule has 0 aromatic carbocycles. The molecular formula is C22H34O2. The van der Waals surface area contributed by atoms with Crippen molar-refractivity contribution in [3.63, 3.8) is 0 Å². The van der Waals surface area contributed by atoms with E-state index in [0.29, 0.717) is 17.6 Å². The molecule has 1 N–H and O–H groups in total. The minimum Gasteiger partial charge on any atom is -0.393 e. The smallest absolute Gasteiger partial charge is 0.159 e. The number of carbonyl (C=O) groups is 1. The van der Waals surface area contributed by atoms with Crippen molar-refractivity contribution in [2.75, 3.05) is 0 Å². The Morgan fingerprint density at radius 1 is 1.00 bits per heavy atom. The van der Waals surface area contributed by atoms with Crippen LogP contribution in [0.25, 0.3) is 0 Å². The number of aliphatic hydroxyl groups excluding tert-OH is 1. The Labute approximate surface area is 147 Å². The number of ketones is 1. The van der Waals surface area contributed by atoms with E-state index in [2.05, 4.69) is 40.7 Å². The van der Waals surface area contributed by atoms with E-state index < -0.39 is 0 Å². The van der Waals surface area contributed by atoms with Gasteiger partial charge in [-0.15, -0.1) is 0 Å². The fourth-order valence-electron chi connectivity index (χ4n) is 7.84. The highest BCUT2D eigenvalue weighted by Gasteiger charge is 2.66. The largest absolute Gasteiger partial charge is 0.393 e. The first-order chi connectivity index (χ1) is 11.1. The first-order valence-electron chi connectivity index (χ1n) is 9.99. The Balaban J connectivity index is 1.81. The van der Waals surface area contributed by atoms with Crippen LogP contribution in [0.5, 0.6) is 0 Å². The SMILES string of the molecule is CC1(C)[C@H](O)CC[C@]2(C)[C@H]3CC=C4C(=O)CC[C@@]4(C)[C@]3(C)CC[C@@H]12. The molecule has 0 amide bonds. The Bertz CT molecular complexity index is 617. The van der Waals surface area contributed by atoms with Crippen LogP contribution in [0, 0.1) is 33.5 Å². The van der Waals surface area contributed by atoms with Crippen LogP contribution in [0.3, 0.4) is 0 Å². The van der Waals surface area contributed by atoms with E-state index in [1.54, 1.807) is 0 Å². The number of aliphatic hydroxyl groups is 1.